The highest BCUT2D eigenvalue weighted by molar-refractivity contribution is 7.90. The van der Waals surface area contributed by atoms with Crippen LogP contribution < -0.4 is 0 Å². The van der Waals surface area contributed by atoms with Crippen LogP contribution in [0.3, 0.4) is 0 Å². The first-order valence-electron chi connectivity index (χ1n) is 6.56. The normalized spacial score (nSPS) is 16.4. The molecule has 3 atom stereocenters. The Morgan fingerprint density at radius 3 is 2.38 bits per heavy atom. The highest BCUT2D eigenvalue weighted by Gasteiger charge is 2.27. The van der Waals surface area contributed by atoms with Crippen molar-refractivity contribution in [3.8, 4) is 0 Å². The molecule has 3 unspecified atom stereocenters. The smallest absolute Gasteiger partial charge is 0.232 e. The Bertz CT molecular complexity index is 697. The molecule has 2 rings (SSSR count). The van der Waals surface area contributed by atoms with E-state index in [1.807, 2.05) is 18.2 Å². The van der Waals surface area contributed by atoms with E-state index < -0.39 is 27.1 Å². The van der Waals surface area contributed by atoms with Crippen LogP contribution in [-0.4, -0.2) is 29.9 Å². The third kappa shape index (κ3) is 3.48. The lowest BCUT2D eigenvalue weighted by Crippen LogP contribution is -2.11. The van der Waals surface area contributed by atoms with Gasteiger partial charge in [-0.3, -0.25) is 0 Å². The predicted octanol–water partition coefficient (Wildman–Crippen LogP) is 2.01. The van der Waals surface area contributed by atoms with E-state index in [9.17, 15) is 13.5 Å². The van der Waals surface area contributed by atoms with Crippen molar-refractivity contribution in [1.29, 1.82) is 0 Å². The Labute approximate surface area is 123 Å². The minimum atomic E-state index is -3.29. The highest BCUT2D eigenvalue weighted by Crippen LogP contribution is 2.30. The van der Waals surface area contributed by atoms with Crippen LogP contribution in [0, 0.1) is 0 Å². The molecule has 0 fully saturated rings. The van der Waals surface area contributed by atoms with Crippen molar-refractivity contribution in [2.45, 2.75) is 31.1 Å². The molecule has 1 N–H and O–H groups in total. The quantitative estimate of drug-likeness (QED) is 0.908. The molecular formula is C14H18N2O4S. The summed E-state index contributed by atoms with van der Waals surface area (Å²) >= 11 is 0. The molecule has 1 aromatic heterocycles. The summed E-state index contributed by atoms with van der Waals surface area (Å²) in [5.41, 5.74) is 0.737. The van der Waals surface area contributed by atoms with Gasteiger partial charge in [0.2, 0.25) is 5.89 Å². The number of aliphatic hydroxyl groups excluding tert-OH is 1. The summed E-state index contributed by atoms with van der Waals surface area (Å²) < 4.78 is 28.1. The zero-order valence-corrected chi connectivity index (χ0v) is 12.9. The Morgan fingerprint density at radius 1 is 1.19 bits per heavy atom. The fraction of sp³-hybridized carbons (Fsp3) is 0.429. The van der Waals surface area contributed by atoms with E-state index in [0.29, 0.717) is 0 Å². The number of rotatable bonds is 5. The van der Waals surface area contributed by atoms with Crippen molar-refractivity contribution in [3.63, 3.8) is 0 Å². The van der Waals surface area contributed by atoms with Crippen molar-refractivity contribution < 1.29 is 18.0 Å². The van der Waals surface area contributed by atoms with E-state index in [4.69, 9.17) is 4.52 Å². The average molecular weight is 310 g/mol. The SMILES string of the molecule is CC(c1nc(C(C)S(C)(=O)=O)no1)C(O)c1ccccc1. The van der Waals surface area contributed by atoms with Crippen LogP contribution in [0.25, 0.3) is 0 Å². The number of sulfone groups is 1. The van der Waals surface area contributed by atoms with Gasteiger partial charge >= 0.3 is 0 Å². The summed E-state index contributed by atoms with van der Waals surface area (Å²) in [6.07, 6.45) is 0.323. The zero-order chi connectivity index (χ0) is 15.6. The van der Waals surface area contributed by atoms with Crippen LogP contribution in [0.2, 0.25) is 0 Å². The van der Waals surface area contributed by atoms with Crippen LogP contribution >= 0.6 is 0 Å². The van der Waals surface area contributed by atoms with Gasteiger partial charge in [-0.1, -0.05) is 42.4 Å². The van der Waals surface area contributed by atoms with Gasteiger partial charge in [0.15, 0.2) is 15.7 Å². The molecule has 6 nitrogen and oxygen atoms in total. The van der Waals surface area contributed by atoms with Crippen LogP contribution in [0.15, 0.2) is 34.9 Å². The minimum Gasteiger partial charge on any atom is -0.388 e. The monoisotopic (exact) mass is 310 g/mol. The molecule has 0 aliphatic carbocycles. The van der Waals surface area contributed by atoms with E-state index >= 15 is 0 Å². The van der Waals surface area contributed by atoms with E-state index in [0.717, 1.165) is 11.8 Å². The van der Waals surface area contributed by atoms with Gasteiger partial charge < -0.3 is 9.63 Å². The maximum absolute atomic E-state index is 11.5. The standard InChI is InChI=1S/C14H18N2O4S/c1-9(12(17)11-7-5-4-6-8-11)14-15-13(16-20-14)10(2)21(3,18)19/h4-10,12,17H,1-3H3. The van der Waals surface area contributed by atoms with E-state index in [1.54, 1.807) is 19.1 Å². The lowest BCUT2D eigenvalue weighted by atomic mass is 9.97. The zero-order valence-electron chi connectivity index (χ0n) is 12.1. The number of benzene rings is 1. The van der Waals surface area contributed by atoms with Gasteiger partial charge in [-0.25, -0.2) is 8.42 Å². The van der Waals surface area contributed by atoms with Crippen LogP contribution in [0.4, 0.5) is 0 Å². The number of aromatic nitrogens is 2. The third-order valence-electron chi connectivity index (χ3n) is 3.47. The van der Waals surface area contributed by atoms with Crippen molar-refractivity contribution >= 4 is 9.84 Å². The molecule has 0 aliphatic heterocycles. The maximum Gasteiger partial charge on any atom is 0.232 e. The molecule has 0 spiro atoms. The molecule has 0 saturated heterocycles. The fourth-order valence-corrected chi connectivity index (χ4v) is 2.34. The number of nitrogens with zero attached hydrogens (tertiary/aromatic N) is 2. The molecule has 0 bridgehead atoms. The summed E-state index contributed by atoms with van der Waals surface area (Å²) in [5, 5.41) is 13.2. The van der Waals surface area contributed by atoms with Gasteiger partial charge in [-0.05, 0) is 12.5 Å². The topological polar surface area (TPSA) is 93.3 Å². The number of aliphatic hydroxyl groups is 1. The van der Waals surface area contributed by atoms with E-state index in [-0.39, 0.29) is 11.7 Å². The summed E-state index contributed by atoms with van der Waals surface area (Å²) in [6.45, 7) is 3.25. The van der Waals surface area contributed by atoms with E-state index in [1.165, 1.54) is 6.92 Å². The molecule has 1 aromatic carbocycles. The van der Waals surface area contributed by atoms with Crippen LogP contribution in [0.5, 0.6) is 0 Å². The van der Waals surface area contributed by atoms with Crippen molar-refractivity contribution in [1.82, 2.24) is 10.1 Å². The van der Waals surface area contributed by atoms with Crippen molar-refractivity contribution in [2.24, 2.45) is 0 Å². The second-order valence-corrected chi connectivity index (χ2v) is 7.47. The molecule has 0 aliphatic rings. The summed E-state index contributed by atoms with van der Waals surface area (Å²) in [7, 11) is -3.29. The van der Waals surface area contributed by atoms with Gasteiger partial charge in [0.1, 0.15) is 5.25 Å². The first-order chi connectivity index (χ1) is 9.80. The maximum atomic E-state index is 11.5. The fourth-order valence-electron chi connectivity index (χ4n) is 1.86. The predicted molar refractivity (Wildman–Crippen MR) is 77.4 cm³/mol. The minimum absolute atomic E-state index is 0.111. The van der Waals surface area contributed by atoms with Crippen LogP contribution in [-0.2, 0) is 9.84 Å². The first-order valence-corrected chi connectivity index (χ1v) is 8.51. The molecule has 0 radical (unpaired) electrons. The molecule has 2 aromatic rings. The molecule has 7 heteroatoms. The van der Waals surface area contributed by atoms with Gasteiger partial charge in [0, 0.05) is 6.26 Å². The van der Waals surface area contributed by atoms with Gasteiger partial charge in [0.05, 0.1) is 12.0 Å². The lowest BCUT2D eigenvalue weighted by Gasteiger charge is -2.15. The second kappa shape index (κ2) is 5.95. The molecule has 0 saturated carbocycles. The van der Waals surface area contributed by atoms with Gasteiger partial charge in [0.25, 0.3) is 0 Å². The number of hydrogen-bond acceptors (Lipinski definition) is 6. The third-order valence-corrected chi connectivity index (χ3v) is 4.96. The largest absolute Gasteiger partial charge is 0.388 e. The second-order valence-electron chi connectivity index (χ2n) is 5.11. The molecule has 114 valence electrons. The molecule has 21 heavy (non-hydrogen) atoms. The molecular weight excluding hydrogens is 292 g/mol. The highest BCUT2D eigenvalue weighted by atomic mass is 32.2. The summed E-state index contributed by atoms with van der Waals surface area (Å²) in [6, 6.07) is 9.13. The van der Waals surface area contributed by atoms with Gasteiger partial charge in [-0.15, -0.1) is 0 Å². The van der Waals surface area contributed by atoms with Crippen molar-refractivity contribution in [3.05, 3.63) is 47.6 Å². The van der Waals surface area contributed by atoms with Crippen molar-refractivity contribution in [2.75, 3.05) is 6.26 Å². The number of hydrogen-bond donors (Lipinski definition) is 1. The Morgan fingerprint density at radius 2 is 1.81 bits per heavy atom. The Balaban J connectivity index is 2.21. The Hall–Kier alpha value is -1.73. The Kier molecular flexibility index (Phi) is 4.43. The average Bonchev–Trinajstić information content (AvgIpc) is 2.94. The lowest BCUT2D eigenvalue weighted by molar-refractivity contribution is 0.135. The summed E-state index contributed by atoms with van der Waals surface area (Å²) in [5.74, 6) is -0.100. The summed E-state index contributed by atoms with van der Waals surface area (Å²) in [4.78, 5) is 4.11. The van der Waals surface area contributed by atoms with E-state index in [2.05, 4.69) is 10.1 Å². The first kappa shape index (κ1) is 15.7. The molecule has 1 heterocycles. The van der Waals surface area contributed by atoms with Crippen LogP contribution in [0.1, 0.15) is 48.4 Å². The molecule has 0 amide bonds. The van der Waals surface area contributed by atoms with Gasteiger partial charge in [-0.2, -0.15) is 4.98 Å².